The molecule has 0 bridgehead atoms. The Kier molecular flexibility index (Phi) is 4.45. The monoisotopic (exact) mass is 324 g/mol. The lowest BCUT2D eigenvalue weighted by Crippen LogP contribution is -2.13. The molecule has 0 aliphatic heterocycles. The molecule has 1 amide bonds. The van der Waals surface area contributed by atoms with Crippen molar-refractivity contribution in [2.75, 3.05) is 5.32 Å². The number of rotatable bonds is 3. The predicted molar refractivity (Wildman–Crippen MR) is 82.2 cm³/mol. The molecule has 2 aromatic rings. The molecule has 1 N–H and O–H groups in total. The molecule has 0 radical (unpaired) electrons. The fraction of sp³-hybridized carbons (Fsp3) is 0.0714. The van der Waals surface area contributed by atoms with E-state index in [9.17, 15) is 14.9 Å². The quantitative estimate of drug-likeness (QED) is 0.669. The molecule has 0 fully saturated rings. The molecular formula is C14H10Cl2N2O3. The standard InChI is InChI=1S/C14H10Cl2N2O3/c1-8-5-6-11(12(7-8)18(20)21)17-14(19)9-3-2-4-10(15)13(9)16/h2-7H,1H3,(H,17,19). The summed E-state index contributed by atoms with van der Waals surface area (Å²) in [5, 5.41) is 13.8. The molecule has 0 saturated carbocycles. The van der Waals surface area contributed by atoms with Gasteiger partial charge in [-0.25, -0.2) is 0 Å². The zero-order valence-electron chi connectivity index (χ0n) is 10.9. The molecule has 0 spiro atoms. The van der Waals surface area contributed by atoms with Crippen LogP contribution >= 0.6 is 23.2 Å². The highest BCUT2D eigenvalue weighted by Crippen LogP contribution is 2.29. The number of carbonyl (C=O) groups excluding carboxylic acids is 1. The molecule has 0 atom stereocenters. The lowest BCUT2D eigenvalue weighted by atomic mass is 10.1. The van der Waals surface area contributed by atoms with E-state index in [4.69, 9.17) is 23.2 Å². The summed E-state index contributed by atoms with van der Waals surface area (Å²) >= 11 is 11.8. The van der Waals surface area contributed by atoms with Crippen LogP contribution in [0.3, 0.4) is 0 Å². The number of nitro benzene ring substituents is 1. The van der Waals surface area contributed by atoms with Crippen molar-refractivity contribution in [3.8, 4) is 0 Å². The van der Waals surface area contributed by atoms with Gasteiger partial charge in [-0.2, -0.15) is 0 Å². The Morgan fingerprint density at radius 1 is 1.24 bits per heavy atom. The minimum absolute atomic E-state index is 0.103. The van der Waals surface area contributed by atoms with Crippen LogP contribution in [0.5, 0.6) is 0 Å². The molecule has 0 aromatic heterocycles. The van der Waals surface area contributed by atoms with Crippen LogP contribution in [0.4, 0.5) is 11.4 Å². The van der Waals surface area contributed by atoms with Crippen LogP contribution in [0.1, 0.15) is 15.9 Å². The number of amides is 1. The first-order chi connectivity index (χ1) is 9.90. The highest BCUT2D eigenvalue weighted by Gasteiger charge is 2.18. The van der Waals surface area contributed by atoms with Crippen molar-refractivity contribution in [1.82, 2.24) is 0 Å². The fourth-order valence-corrected chi connectivity index (χ4v) is 2.15. The van der Waals surface area contributed by atoms with Crippen LogP contribution in [0.25, 0.3) is 0 Å². The Morgan fingerprint density at radius 3 is 2.62 bits per heavy atom. The predicted octanol–water partition coefficient (Wildman–Crippen LogP) is 4.46. The van der Waals surface area contributed by atoms with Gasteiger partial charge in [-0.05, 0) is 30.7 Å². The summed E-state index contributed by atoms with van der Waals surface area (Å²) in [6.45, 7) is 1.73. The van der Waals surface area contributed by atoms with Gasteiger partial charge in [0, 0.05) is 6.07 Å². The van der Waals surface area contributed by atoms with Gasteiger partial charge in [0.15, 0.2) is 0 Å². The first kappa shape index (κ1) is 15.3. The van der Waals surface area contributed by atoms with Gasteiger partial charge in [0.2, 0.25) is 0 Å². The third-order valence-electron chi connectivity index (χ3n) is 2.79. The van der Waals surface area contributed by atoms with Crippen molar-refractivity contribution in [3.63, 3.8) is 0 Å². The number of carbonyl (C=O) groups is 1. The average molecular weight is 325 g/mol. The summed E-state index contributed by atoms with van der Waals surface area (Å²) in [4.78, 5) is 22.6. The van der Waals surface area contributed by atoms with Crippen molar-refractivity contribution in [1.29, 1.82) is 0 Å². The summed E-state index contributed by atoms with van der Waals surface area (Å²) in [7, 11) is 0. The number of nitrogens with zero attached hydrogens (tertiary/aromatic N) is 1. The number of nitrogens with one attached hydrogen (secondary N) is 1. The lowest BCUT2D eigenvalue weighted by molar-refractivity contribution is -0.384. The maximum absolute atomic E-state index is 12.2. The molecule has 7 heteroatoms. The van der Waals surface area contributed by atoms with Gasteiger partial charge in [0.05, 0.1) is 20.5 Å². The topological polar surface area (TPSA) is 72.2 Å². The molecule has 108 valence electrons. The van der Waals surface area contributed by atoms with Crippen molar-refractivity contribution >= 4 is 40.5 Å². The molecule has 5 nitrogen and oxygen atoms in total. The summed E-state index contributed by atoms with van der Waals surface area (Å²) in [5.74, 6) is -0.561. The minimum atomic E-state index is -0.561. The highest BCUT2D eigenvalue weighted by molar-refractivity contribution is 6.44. The average Bonchev–Trinajstić information content (AvgIpc) is 2.43. The molecular weight excluding hydrogens is 315 g/mol. The largest absolute Gasteiger partial charge is 0.316 e. The van der Waals surface area contributed by atoms with Gasteiger partial charge >= 0.3 is 0 Å². The van der Waals surface area contributed by atoms with Crippen LogP contribution in [0, 0.1) is 17.0 Å². The van der Waals surface area contributed by atoms with E-state index in [1.807, 2.05) is 0 Å². The maximum atomic E-state index is 12.2. The van der Waals surface area contributed by atoms with Crippen LogP contribution in [-0.4, -0.2) is 10.8 Å². The zero-order chi connectivity index (χ0) is 15.6. The Hall–Kier alpha value is -2.11. The molecule has 0 aliphatic rings. The fourth-order valence-electron chi connectivity index (χ4n) is 1.77. The number of halogens is 2. The van der Waals surface area contributed by atoms with Gasteiger partial charge in [-0.3, -0.25) is 14.9 Å². The van der Waals surface area contributed by atoms with Gasteiger partial charge in [0.25, 0.3) is 11.6 Å². The van der Waals surface area contributed by atoms with Gasteiger partial charge in [-0.1, -0.05) is 35.3 Å². The number of nitro groups is 1. The highest BCUT2D eigenvalue weighted by atomic mass is 35.5. The van der Waals surface area contributed by atoms with E-state index in [0.29, 0.717) is 0 Å². The van der Waals surface area contributed by atoms with Crippen molar-refractivity contribution in [2.24, 2.45) is 0 Å². The molecule has 0 heterocycles. The summed E-state index contributed by atoms with van der Waals surface area (Å²) in [5.41, 5.74) is 0.799. The normalized spacial score (nSPS) is 10.2. The molecule has 2 rings (SSSR count). The number of aryl methyl sites for hydroxylation is 1. The van der Waals surface area contributed by atoms with Gasteiger partial charge in [-0.15, -0.1) is 0 Å². The van der Waals surface area contributed by atoms with Gasteiger partial charge < -0.3 is 5.32 Å². The van der Waals surface area contributed by atoms with Crippen LogP contribution in [0.2, 0.25) is 10.0 Å². The summed E-state index contributed by atoms with van der Waals surface area (Å²) in [6.07, 6.45) is 0. The van der Waals surface area contributed by atoms with E-state index in [1.54, 1.807) is 25.1 Å². The first-order valence-electron chi connectivity index (χ1n) is 5.90. The van der Waals surface area contributed by atoms with E-state index >= 15 is 0 Å². The Morgan fingerprint density at radius 2 is 1.95 bits per heavy atom. The second-order valence-corrected chi connectivity index (χ2v) is 5.12. The van der Waals surface area contributed by atoms with E-state index < -0.39 is 10.8 Å². The summed E-state index contributed by atoms with van der Waals surface area (Å²) < 4.78 is 0. The molecule has 0 aliphatic carbocycles. The van der Waals surface area contributed by atoms with Gasteiger partial charge in [0.1, 0.15) is 5.69 Å². The number of hydrogen-bond acceptors (Lipinski definition) is 3. The van der Waals surface area contributed by atoms with E-state index in [2.05, 4.69) is 5.32 Å². The van der Waals surface area contributed by atoms with Crippen molar-refractivity contribution in [3.05, 3.63) is 67.7 Å². The third-order valence-corrected chi connectivity index (χ3v) is 3.61. The van der Waals surface area contributed by atoms with Crippen LogP contribution in [-0.2, 0) is 0 Å². The van der Waals surface area contributed by atoms with E-state index in [1.165, 1.54) is 18.2 Å². The smallest absolute Gasteiger partial charge is 0.293 e. The van der Waals surface area contributed by atoms with Crippen LogP contribution < -0.4 is 5.32 Å². The molecule has 21 heavy (non-hydrogen) atoms. The lowest BCUT2D eigenvalue weighted by Gasteiger charge is -2.08. The van der Waals surface area contributed by atoms with E-state index in [0.717, 1.165) is 5.56 Å². The zero-order valence-corrected chi connectivity index (χ0v) is 12.4. The number of benzene rings is 2. The first-order valence-corrected chi connectivity index (χ1v) is 6.66. The van der Waals surface area contributed by atoms with Crippen LogP contribution in [0.15, 0.2) is 36.4 Å². The van der Waals surface area contributed by atoms with E-state index in [-0.39, 0.29) is 27.0 Å². The third kappa shape index (κ3) is 3.32. The van der Waals surface area contributed by atoms with Crippen molar-refractivity contribution in [2.45, 2.75) is 6.92 Å². The maximum Gasteiger partial charge on any atom is 0.293 e. The number of hydrogen-bond donors (Lipinski definition) is 1. The molecule has 0 saturated heterocycles. The Balaban J connectivity index is 2.36. The second-order valence-electron chi connectivity index (χ2n) is 4.33. The molecule has 0 unspecified atom stereocenters. The number of anilines is 1. The Labute approximate surface area is 130 Å². The SMILES string of the molecule is Cc1ccc(NC(=O)c2cccc(Cl)c2Cl)c([N+](=O)[O-])c1. The van der Waals surface area contributed by atoms with Crippen molar-refractivity contribution < 1.29 is 9.72 Å². The Bertz CT molecular complexity index is 732. The minimum Gasteiger partial charge on any atom is -0.316 e. The summed E-state index contributed by atoms with van der Waals surface area (Å²) in [6, 6.07) is 9.15. The molecule has 2 aromatic carbocycles. The second kappa shape index (κ2) is 6.11.